The van der Waals surface area contributed by atoms with Crippen LogP contribution in [0.2, 0.25) is 0 Å². The van der Waals surface area contributed by atoms with Gasteiger partial charge in [-0.05, 0) is 31.7 Å². The molecule has 0 spiro atoms. The fourth-order valence-electron chi connectivity index (χ4n) is 6.54. The van der Waals surface area contributed by atoms with Crippen LogP contribution in [0.25, 0.3) is 6.08 Å². The van der Waals surface area contributed by atoms with E-state index in [1.807, 2.05) is 0 Å². The van der Waals surface area contributed by atoms with Crippen LogP contribution in [0, 0.1) is 23.7 Å². The first-order chi connectivity index (χ1) is 17.7. The molecule has 0 saturated heterocycles. The number of phenols is 1. The lowest BCUT2D eigenvalue weighted by molar-refractivity contribution is -0.205. The van der Waals surface area contributed by atoms with Gasteiger partial charge < -0.3 is 20.7 Å². The largest absolute Gasteiger partial charge is 0.507 e. The second-order valence-electron chi connectivity index (χ2n) is 10.3. The zero-order valence-corrected chi connectivity index (χ0v) is 21.3. The number of hydrogen-bond donors (Lipinski definition) is 3. The molecule has 0 aliphatic heterocycles. The maximum absolute atomic E-state index is 14.1. The number of primary amides is 1. The number of nitrogens with two attached hydrogens (primary N) is 1. The van der Waals surface area contributed by atoms with Gasteiger partial charge in [-0.25, -0.2) is 0 Å². The van der Waals surface area contributed by atoms with Gasteiger partial charge in [0.25, 0.3) is 0 Å². The van der Waals surface area contributed by atoms with Crippen molar-refractivity contribution in [1.82, 2.24) is 4.90 Å². The van der Waals surface area contributed by atoms with E-state index < -0.39 is 88.1 Å². The molecule has 1 aromatic rings. The van der Waals surface area contributed by atoms with Crippen molar-refractivity contribution in [3.8, 4) is 5.75 Å². The van der Waals surface area contributed by atoms with Crippen molar-refractivity contribution in [2.75, 3.05) is 14.1 Å². The number of aromatic hydroxyl groups is 1. The molecule has 3 aliphatic carbocycles. The first-order valence-electron chi connectivity index (χ1n) is 11.9. The molecule has 38 heavy (non-hydrogen) atoms. The minimum atomic E-state index is -3.05. The van der Waals surface area contributed by atoms with E-state index in [0.29, 0.717) is 5.56 Å². The maximum Gasteiger partial charge on any atom is 0.302 e. The molecule has 3 aliphatic rings. The Labute approximate surface area is 217 Å². The summed E-state index contributed by atoms with van der Waals surface area (Å²) in [4.78, 5) is 80.6. The minimum Gasteiger partial charge on any atom is -0.507 e. The highest BCUT2D eigenvalue weighted by Gasteiger charge is 2.74. The minimum absolute atomic E-state index is 0.185. The summed E-state index contributed by atoms with van der Waals surface area (Å²) in [5.74, 6) is -14.5. The van der Waals surface area contributed by atoms with Crippen LogP contribution in [0.5, 0.6) is 5.75 Å². The van der Waals surface area contributed by atoms with Crippen LogP contribution in [0.4, 0.5) is 0 Å². The number of Topliss-reactive ketones (excluding diaryl/α,β-unsaturated/α-hetero) is 4. The summed E-state index contributed by atoms with van der Waals surface area (Å²) in [6, 6.07) is 1.68. The van der Waals surface area contributed by atoms with Crippen LogP contribution in [-0.2, 0) is 28.7 Å². The molecule has 0 bridgehead atoms. The summed E-state index contributed by atoms with van der Waals surface area (Å²) in [5, 5.41) is 22.7. The topological polar surface area (TPSA) is 181 Å². The van der Waals surface area contributed by atoms with Crippen molar-refractivity contribution in [2.45, 2.75) is 37.5 Å². The van der Waals surface area contributed by atoms with Crippen molar-refractivity contribution >= 4 is 41.1 Å². The molecule has 0 heterocycles. The van der Waals surface area contributed by atoms with Crippen molar-refractivity contribution in [2.24, 2.45) is 29.4 Å². The number of ether oxygens (including phenoxy) is 1. The van der Waals surface area contributed by atoms with Crippen molar-refractivity contribution in [3.05, 3.63) is 41.1 Å². The number of fused-ring (bicyclic) bond motifs is 3. The van der Waals surface area contributed by atoms with Crippen LogP contribution in [-0.4, -0.2) is 82.0 Å². The predicted molar refractivity (Wildman–Crippen MR) is 131 cm³/mol. The quantitative estimate of drug-likeness (QED) is 0.270. The third-order valence-corrected chi connectivity index (χ3v) is 8.05. The molecule has 4 N–H and O–H groups in total. The Morgan fingerprint density at radius 2 is 1.82 bits per heavy atom. The summed E-state index contributed by atoms with van der Waals surface area (Å²) in [5.41, 5.74) is 5.16. The van der Waals surface area contributed by atoms with Crippen molar-refractivity contribution in [1.29, 1.82) is 0 Å². The van der Waals surface area contributed by atoms with Gasteiger partial charge in [0.05, 0.1) is 23.4 Å². The van der Waals surface area contributed by atoms with Gasteiger partial charge in [-0.2, -0.15) is 0 Å². The second kappa shape index (κ2) is 9.13. The lowest BCUT2D eigenvalue weighted by Gasteiger charge is -2.56. The molecule has 4 rings (SSSR count). The standard InChI is InChI=1S/C27H28N2O9/c1-6-7-12-8-9-13-10(2)14-16(21(32)15(13)20(12)31)24(34)27(37)18(23(14)38-11(3)30)19(29(4)5)22(33)17(25(27)35)26(28)36/h7-10,14,16-19,23,31,37H,1H2,2-5H3,(H2,28,36). The highest BCUT2D eigenvalue weighted by atomic mass is 16.5. The third kappa shape index (κ3) is 3.50. The monoisotopic (exact) mass is 524 g/mol. The van der Waals surface area contributed by atoms with E-state index in [0.717, 1.165) is 6.92 Å². The number of esters is 1. The van der Waals surface area contributed by atoms with Crippen molar-refractivity contribution < 1.29 is 43.7 Å². The molecule has 0 radical (unpaired) electrons. The molecule has 8 unspecified atom stereocenters. The molecule has 2 saturated carbocycles. The van der Waals surface area contributed by atoms with Crippen molar-refractivity contribution in [3.63, 3.8) is 0 Å². The Kier molecular flexibility index (Phi) is 6.51. The Balaban J connectivity index is 2.04. The number of hydrogen-bond acceptors (Lipinski definition) is 10. The number of nitrogens with zero attached hydrogens (tertiary/aromatic N) is 1. The van der Waals surface area contributed by atoms with Gasteiger partial charge in [0.1, 0.15) is 11.9 Å². The summed E-state index contributed by atoms with van der Waals surface area (Å²) in [6.45, 7) is 6.19. The Morgan fingerprint density at radius 1 is 1.18 bits per heavy atom. The SMILES string of the molecule is C=C=Cc1ccc2c(c1O)C(=O)C1C(=O)C3(O)C(=O)C(C(N)=O)C(=O)C(N(C)C)C3C(OC(C)=O)C1C2C. The number of rotatable bonds is 4. The average Bonchev–Trinajstić information content (AvgIpc) is 2.81. The molecular weight excluding hydrogens is 496 g/mol. The zero-order valence-electron chi connectivity index (χ0n) is 21.3. The predicted octanol–water partition coefficient (Wildman–Crippen LogP) is -0.232. The van der Waals surface area contributed by atoms with E-state index in [9.17, 15) is 39.0 Å². The third-order valence-electron chi connectivity index (χ3n) is 8.05. The van der Waals surface area contributed by atoms with Gasteiger partial charge in [0.15, 0.2) is 34.7 Å². The maximum atomic E-state index is 14.1. The molecule has 2 fully saturated rings. The number of carbonyl (C=O) groups excluding carboxylic acids is 6. The van der Waals surface area contributed by atoms with Gasteiger partial charge in [0, 0.05) is 18.4 Å². The average molecular weight is 525 g/mol. The number of amides is 1. The van der Waals surface area contributed by atoms with Crippen LogP contribution in [0.3, 0.4) is 0 Å². The number of ketones is 4. The Morgan fingerprint density at radius 3 is 2.34 bits per heavy atom. The molecule has 0 aromatic heterocycles. The lowest BCUT2D eigenvalue weighted by atomic mass is 9.49. The van der Waals surface area contributed by atoms with E-state index in [-0.39, 0.29) is 11.1 Å². The van der Waals surface area contributed by atoms with Gasteiger partial charge >= 0.3 is 5.97 Å². The van der Waals surface area contributed by atoms with Gasteiger partial charge in [-0.15, -0.1) is 5.73 Å². The van der Waals surface area contributed by atoms with E-state index >= 15 is 0 Å². The molecular formula is C27H28N2O9. The van der Waals surface area contributed by atoms with Gasteiger partial charge in [0.2, 0.25) is 5.91 Å². The van der Waals surface area contributed by atoms with Gasteiger partial charge in [-0.3, -0.25) is 33.7 Å². The van der Waals surface area contributed by atoms with E-state index in [1.165, 1.54) is 31.1 Å². The molecule has 1 aromatic carbocycles. The number of aliphatic hydroxyl groups is 1. The molecule has 11 heteroatoms. The van der Waals surface area contributed by atoms with Crippen LogP contribution >= 0.6 is 0 Å². The first-order valence-corrected chi connectivity index (χ1v) is 11.9. The van der Waals surface area contributed by atoms with E-state index in [4.69, 9.17) is 10.5 Å². The number of likely N-dealkylation sites (N-methyl/N-ethyl adjacent to an activating group) is 1. The highest BCUT2D eigenvalue weighted by Crippen LogP contribution is 2.55. The summed E-state index contributed by atoms with van der Waals surface area (Å²) in [6.07, 6.45) is -0.125. The van der Waals surface area contributed by atoms with E-state index in [1.54, 1.807) is 13.0 Å². The molecule has 11 nitrogen and oxygen atoms in total. The van der Waals surface area contributed by atoms with Crippen LogP contribution in [0.15, 0.2) is 24.4 Å². The van der Waals surface area contributed by atoms with Crippen LogP contribution in [0.1, 0.15) is 41.3 Å². The van der Waals surface area contributed by atoms with Crippen LogP contribution < -0.4 is 5.73 Å². The summed E-state index contributed by atoms with van der Waals surface area (Å²) in [7, 11) is 2.88. The molecule has 200 valence electrons. The smallest absolute Gasteiger partial charge is 0.302 e. The lowest BCUT2D eigenvalue weighted by Crippen LogP contribution is -2.78. The zero-order chi connectivity index (χ0) is 28.4. The Bertz CT molecular complexity index is 1360. The molecule has 8 atom stereocenters. The molecule has 1 amide bonds. The summed E-state index contributed by atoms with van der Waals surface area (Å²) < 4.78 is 5.61. The first kappa shape index (κ1) is 27.1. The number of carbonyl (C=O) groups is 6. The fraction of sp³-hybridized carbons (Fsp3) is 0.444. The number of phenolic OH excluding ortho intramolecular Hbond substituents is 1. The number of benzene rings is 1. The highest BCUT2D eigenvalue weighted by molar-refractivity contribution is 6.32. The van der Waals surface area contributed by atoms with Gasteiger partial charge in [-0.1, -0.05) is 25.6 Å². The summed E-state index contributed by atoms with van der Waals surface area (Å²) >= 11 is 0. The van der Waals surface area contributed by atoms with E-state index in [2.05, 4.69) is 12.3 Å². The Hall–Kier alpha value is -3.92. The fourth-order valence-corrected chi connectivity index (χ4v) is 6.54. The normalized spacial score (nSPS) is 34.1. The second-order valence-corrected chi connectivity index (χ2v) is 10.3.